The minimum atomic E-state index is 0.170. The third-order valence-corrected chi connectivity index (χ3v) is 2.32. The Labute approximate surface area is 89.4 Å². The largest absolute Gasteiger partial charge is 0.505 e. The summed E-state index contributed by atoms with van der Waals surface area (Å²) in [5.74, 6) is 0.170. The van der Waals surface area contributed by atoms with Crippen LogP contribution in [0.3, 0.4) is 0 Å². The zero-order valence-electron chi connectivity index (χ0n) is 8.51. The molecule has 0 saturated heterocycles. The van der Waals surface area contributed by atoms with Crippen molar-refractivity contribution in [3.05, 3.63) is 54.6 Å². The van der Waals surface area contributed by atoms with E-state index in [9.17, 15) is 5.11 Å². The van der Waals surface area contributed by atoms with Crippen LogP contribution in [0.4, 0.5) is 11.4 Å². The van der Waals surface area contributed by atoms with Crippen LogP contribution in [-0.2, 0) is 0 Å². The average molecular weight is 198 g/mol. The van der Waals surface area contributed by atoms with E-state index in [2.05, 4.69) is 6.07 Å². The second kappa shape index (κ2) is 4.05. The molecule has 0 spiro atoms. The molecule has 0 unspecified atom stereocenters. The van der Waals surface area contributed by atoms with E-state index in [-0.39, 0.29) is 5.75 Å². The third-order valence-electron chi connectivity index (χ3n) is 2.32. The van der Waals surface area contributed by atoms with Gasteiger partial charge in [0.1, 0.15) is 5.75 Å². The van der Waals surface area contributed by atoms with Crippen LogP contribution >= 0.6 is 0 Å². The van der Waals surface area contributed by atoms with Gasteiger partial charge in [0.2, 0.25) is 0 Å². The van der Waals surface area contributed by atoms with Crippen LogP contribution in [0, 0.1) is 6.07 Å². The van der Waals surface area contributed by atoms with E-state index >= 15 is 0 Å². The van der Waals surface area contributed by atoms with Crippen LogP contribution in [0.25, 0.3) is 0 Å². The van der Waals surface area contributed by atoms with Crippen molar-refractivity contribution >= 4 is 11.4 Å². The summed E-state index contributed by atoms with van der Waals surface area (Å²) in [5, 5.41) is 9.65. The highest BCUT2D eigenvalue weighted by molar-refractivity contribution is 5.67. The monoisotopic (exact) mass is 198 g/mol. The maximum absolute atomic E-state index is 9.65. The molecule has 0 amide bonds. The first-order valence-corrected chi connectivity index (χ1v) is 4.77. The Hall–Kier alpha value is -1.96. The normalized spacial score (nSPS) is 9.93. The maximum Gasteiger partial charge on any atom is 0.147 e. The molecule has 1 radical (unpaired) electrons. The van der Waals surface area contributed by atoms with Crippen LogP contribution in [0.15, 0.2) is 48.5 Å². The number of nitrogens with zero attached hydrogens (tertiary/aromatic N) is 1. The first kappa shape index (κ1) is 9.59. The van der Waals surface area contributed by atoms with E-state index in [1.54, 1.807) is 6.07 Å². The molecular weight excluding hydrogens is 186 g/mol. The number of hydrogen-bond donors (Lipinski definition) is 1. The molecule has 0 aliphatic carbocycles. The topological polar surface area (TPSA) is 23.5 Å². The van der Waals surface area contributed by atoms with Gasteiger partial charge in [-0.1, -0.05) is 30.3 Å². The van der Waals surface area contributed by atoms with Crippen LogP contribution < -0.4 is 4.90 Å². The predicted molar refractivity (Wildman–Crippen MR) is 61.4 cm³/mol. The van der Waals surface area contributed by atoms with E-state index in [1.807, 2.05) is 54.4 Å². The minimum Gasteiger partial charge on any atom is -0.505 e. The molecule has 2 nitrogen and oxygen atoms in total. The van der Waals surface area contributed by atoms with E-state index in [4.69, 9.17) is 0 Å². The van der Waals surface area contributed by atoms with E-state index in [0.717, 1.165) is 11.4 Å². The second-order valence-corrected chi connectivity index (χ2v) is 3.30. The van der Waals surface area contributed by atoms with Gasteiger partial charge < -0.3 is 10.0 Å². The average Bonchev–Trinajstić information content (AvgIpc) is 2.30. The van der Waals surface area contributed by atoms with Gasteiger partial charge in [-0.05, 0) is 18.2 Å². The van der Waals surface area contributed by atoms with Crippen LogP contribution in [0.5, 0.6) is 5.75 Å². The highest BCUT2D eigenvalue weighted by Crippen LogP contribution is 2.30. The predicted octanol–water partition coefficient (Wildman–Crippen LogP) is 2.96. The maximum atomic E-state index is 9.65. The fourth-order valence-corrected chi connectivity index (χ4v) is 1.48. The van der Waals surface area contributed by atoms with Gasteiger partial charge in [0.25, 0.3) is 0 Å². The molecule has 0 aliphatic rings. The zero-order valence-corrected chi connectivity index (χ0v) is 8.51. The van der Waals surface area contributed by atoms with Gasteiger partial charge in [0.05, 0.1) is 5.69 Å². The molecule has 2 aromatic carbocycles. The summed E-state index contributed by atoms with van der Waals surface area (Å²) >= 11 is 0. The highest BCUT2D eigenvalue weighted by Gasteiger charge is 2.06. The second-order valence-electron chi connectivity index (χ2n) is 3.30. The van der Waals surface area contributed by atoms with Gasteiger partial charge in [-0.3, -0.25) is 0 Å². The molecule has 2 rings (SSSR count). The molecule has 0 aliphatic heterocycles. The van der Waals surface area contributed by atoms with Crippen molar-refractivity contribution in [1.29, 1.82) is 0 Å². The standard InChI is InChI=1S/C13H12NO/c1-14(11-7-3-2-4-8-11)12-9-5-6-10-13(12)15/h2-9,15H,1H3. The van der Waals surface area contributed by atoms with Crippen molar-refractivity contribution in [3.63, 3.8) is 0 Å². The summed E-state index contributed by atoms with van der Waals surface area (Å²) in [5.41, 5.74) is 1.79. The number of anilines is 2. The fraction of sp³-hybridized carbons (Fsp3) is 0.0769. The first-order chi connectivity index (χ1) is 7.29. The Balaban J connectivity index is 2.37. The van der Waals surface area contributed by atoms with Crippen molar-refractivity contribution in [1.82, 2.24) is 0 Å². The smallest absolute Gasteiger partial charge is 0.147 e. The van der Waals surface area contributed by atoms with Crippen molar-refractivity contribution in [2.24, 2.45) is 0 Å². The first-order valence-electron chi connectivity index (χ1n) is 4.77. The molecule has 2 heteroatoms. The summed E-state index contributed by atoms with van der Waals surface area (Å²) < 4.78 is 0. The Morgan fingerprint density at radius 2 is 1.80 bits per heavy atom. The quantitative estimate of drug-likeness (QED) is 0.801. The number of phenolic OH excluding ortho intramolecular Hbond substituents is 1. The fourth-order valence-electron chi connectivity index (χ4n) is 1.48. The van der Waals surface area contributed by atoms with Crippen molar-refractivity contribution in [2.75, 3.05) is 11.9 Å². The number of phenols is 1. The Morgan fingerprint density at radius 3 is 2.47 bits per heavy atom. The molecular formula is C13H12NO. The Kier molecular flexibility index (Phi) is 2.59. The molecule has 0 atom stereocenters. The lowest BCUT2D eigenvalue weighted by atomic mass is 10.2. The van der Waals surface area contributed by atoms with Crippen LogP contribution in [0.2, 0.25) is 0 Å². The molecule has 0 aromatic heterocycles. The molecule has 15 heavy (non-hydrogen) atoms. The van der Waals surface area contributed by atoms with Crippen molar-refractivity contribution in [2.45, 2.75) is 0 Å². The van der Waals surface area contributed by atoms with Gasteiger partial charge in [-0.15, -0.1) is 0 Å². The summed E-state index contributed by atoms with van der Waals surface area (Å²) in [6.07, 6.45) is 0. The summed E-state index contributed by atoms with van der Waals surface area (Å²) in [4.78, 5) is 1.92. The van der Waals surface area contributed by atoms with Gasteiger partial charge in [0, 0.05) is 18.8 Å². The lowest BCUT2D eigenvalue weighted by Gasteiger charge is -2.19. The van der Waals surface area contributed by atoms with Gasteiger partial charge in [0.15, 0.2) is 0 Å². The molecule has 0 bridgehead atoms. The SMILES string of the molecule is CN(c1ccccc1)c1ccc[c]c1O. The van der Waals surface area contributed by atoms with Crippen LogP contribution in [-0.4, -0.2) is 12.2 Å². The number of aromatic hydroxyl groups is 1. The summed E-state index contributed by atoms with van der Waals surface area (Å²) in [6.45, 7) is 0. The molecule has 2 aromatic rings. The Bertz CT molecular complexity index is 439. The van der Waals surface area contributed by atoms with E-state index in [0.29, 0.717) is 0 Å². The summed E-state index contributed by atoms with van der Waals surface area (Å²) in [7, 11) is 1.91. The number of rotatable bonds is 2. The summed E-state index contributed by atoms with van der Waals surface area (Å²) in [6, 6.07) is 18.1. The van der Waals surface area contributed by atoms with E-state index < -0.39 is 0 Å². The Morgan fingerprint density at radius 1 is 1.07 bits per heavy atom. The number of hydrogen-bond acceptors (Lipinski definition) is 2. The van der Waals surface area contributed by atoms with Crippen molar-refractivity contribution < 1.29 is 5.11 Å². The highest BCUT2D eigenvalue weighted by atomic mass is 16.3. The number of benzene rings is 2. The number of para-hydroxylation sites is 2. The molecule has 0 fully saturated rings. The van der Waals surface area contributed by atoms with Crippen molar-refractivity contribution in [3.8, 4) is 5.75 Å². The molecule has 0 heterocycles. The lowest BCUT2D eigenvalue weighted by Crippen LogP contribution is -2.09. The molecule has 1 N–H and O–H groups in total. The van der Waals surface area contributed by atoms with E-state index in [1.165, 1.54) is 0 Å². The van der Waals surface area contributed by atoms with Gasteiger partial charge in [-0.2, -0.15) is 0 Å². The van der Waals surface area contributed by atoms with Crippen LogP contribution in [0.1, 0.15) is 0 Å². The third kappa shape index (κ3) is 1.94. The lowest BCUT2D eigenvalue weighted by molar-refractivity contribution is 0.475. The van der Waals surface area contributed by atoms with Gasteiger partial charge in [-0.25, -0.2) is 0 Å². The molecule has 75 valence electrons. The zero-order chi connectivity index (χ0) is 10.7. The minimum absolute atomic E-state index is 0.170. The molecule has 0 saturated carbocycles. The van der Waals surface area contributed by atoms with Gasteiger partial charge >= 0.3 is 0 Å².